The summed E-state index contributed by atoms with van der Waals surface area (Å²) in [6.07, 6.45) is 2.89. The number of rotatable bonds is 6. The van der Waals surface area contributed by atoms with Gasteiger partial charge in [0, 0.05) is 25.2 Å². The van der Waals surface area contributed by atoms with Crippen molar-refractivity contribution < 1.29 is 4.79 Å². The van der Waals surface area contributed by atoms with Crippen LogP contribution in [0.25, 0.3) is 0 Å². The van der Waals surface area contributed by atoms with E-state index in [1.165, 1.54) is 11.1 Å². The lowest BCUT2D eigenvalue weighted by atomic mass is 10.0. The number of nitrogens with one attached hydrogen (secondary N) is 1. The third-order valence-corrected chi connectivity index (χ3v) is 5.19. The standard InChI is InChI=1S/C22H24N4O/c1-17(19-10-6-3-7-11-19)22(27)24-26-21-16-25(15-20(21)14-23-26)13-12-18-8-4-2-5-9-18/h2-11,14,17H,12-13,15-16H2,1H3,(H,24,27). The molecular formula is C22H24N4O. The van der Waals surface area contributed by atoms with Crippen molar-refractivity contribution >= 4 is 5.91 Å². The second-order valence-corrected chi connectivity index (χ2v) is 7.08. The van der Waals surface area contributed by atoms with Crippen LogP contribution < -0.4 is 5.43 Å². The minimum atomic E-state index is -0.221. The molecule has 5 heteroatoms. The van der Waals surface area contributed by atoms with Crippen LogP contribution in [0.3, 0.4) is 0 Å². The van der Waals surface area contributed by atoms with E-state index >= 15 is 0 Å². The maximum Gasteiger partial charge on any atom is 0.247 e. The van der Waals surface area contributed by atoms with E-state index in [9.17, 15) is 4.79 Å². The first-order valence-electron chi connectivity index (χ1n) is 9.38. The predicted octanol–water partition coefficient (Wildman–Crippen LogP) is 3.32. The summed E-state index contributed by atoms with van der Waals surface area (Å²) in [5.74, 6) is -0.267. The minimum Gasteiger partial charge on any atom is -0.293 e. The Balaban J connectivity index is 1.37. The predicted molar refractivity (Wildman–Crippen MR) is 106 cm³/mol. The number of carbonyl (C=O) groups excluding carboxylic acids is 1. The van der Waals surface area contributed by atoms with Crippen LogP contribution in [0.4, 0.5) is 0 Å². The number of fused-ring (bicyclic) bond motifs is 1. The smallest absolute Gasteiger partial charge is 0.247 e. The number of hydrogen-bond acceptors (Lipinski definition) is 3. The van der Waals surface area contributed by atoms with Gasteiger partial charge in [-0.15, -0.1) is 0 Å². The molecular weight excluding hydrogens is 336 g/mol. The van der Waals surface area contributed by atoms with Gasteiger partial charge in [-0.3, -0.25) is 9.69 Å². The molecule has 1 unspecified atom stereocenters. The van der Waals surface area contributed by atoms with E-state index in [2.05, 4.69) is 39.7 Å². The molecule has 0 bridgehead atoms. The maximum atomic E-state index is 12.6. The molecule has 0 saturated carbocycles. The third-order valence-electron chi connectivity index (χ3n) is 5.19. The molecule has 0 saturated heterocycles. The quantitative estimate of drug-likeness (QED) is 0.734. The van der Waals surface area contributed by atoms with Crippen LogP contribution in [-0.4, -0.2) is 27.2 Å². The number of nitrogens with zero attached hydrogens (tertiary/aromatic N) is 3. The van der Waals surface area contributed by atoms with Gasteiger partial charge in [-0.25, -0.2) is 5.43 Å². The minimum absolute atomic E-state index is 0.0464. The summed E-state index contributed by atoms with van der Waals surface area (Å²) in [4.78, 5) is 16.7. The SMILES string of the molecule is CC(C(=O)Nn1ncc2c1CN(CCc1ccccc1)C2)c1ccccc1. The molecule has 2 heterocycles. The van der Waals surface area contributed by atoms with Crippen molar-refractivity contribution in [1.82, 2.24) is 14.8 Å². The fourth-order valence-corrected chi connectivity index (χ4v) is 3.50. The van der Waals surface area contributed by atoms with Crippen molar-refractivity contribution in [2.24, 2.45) is 0 Å². The summed E-state index contributed by atoms with van der Waals surface area (Å²) in [7, 11) is 0. The highest BCUT2D eigenvalue weighted by molar-refractivity contribution is 5.89. The van der Waals surface area contributed by atoms with Crippen LogP contribution in [0.15, 0.2) is 66.9 Å². The molecule has 5 nitrogen and oxygen atoms in total. The Morgan fingerprint density at radius 1 is 1.07 bits per heavy atom. The second kappa shape index (κ2) is 7.76. The maximum absolute atomic E-state index is 12.6. The molecule has 1 amide bonds. The second-order valence-electron chi connectivity index (χ2n) is 7.08. The van der Waals surface area contributed by atoms with Gasteiger partial charge < -0.3 is 0 Å². The molecule has 2 aromatic carbocycles. The Labute approximate surface area is 159 Å². The average molecular weight is 360 g/mol. The molecule has 1 atom stereocenters. The van der Waals surface area contributed by atoms with Crippen LogP contribution >= 0.6 is 0 Å². The van der Waals surface area contributed by atoms with Crippen LogP contribution in [-0.2, 0) is 24.3 Å². The lowest BCUT2D eigenvalue weighted by Crippen LogP contribution is -2.30. The van der Waals surface area contributed by atoms with Gasteiger partial charge in [0.15, 0.2) is 0 Å². The van der Waals surface area contributed by atoms with Gasteiger partial charge in [-0.2, -0.15) is 9.89 Å². The van der Waals surface area contributed by atoms with E-state index in [1.54, 1.807) is 4.79 Å². The van der Waals surface area contributed by atoms with Crippen molar-refractivity contribution in [3.05, 3.63) is 89.2 Å². The molecule has 0 aliphatic carbocycles. The molecule has 1 N–H and O–H groups in total. The van der Waals surface area contributed by atoms with E-state index < -0.39 is 0 Å². The van der Waals surface area contributed by atoms with E-state index in [4.69, 9.17) is 0 Å². The number of hydrogen-bond donors (Lipinski definition) is 1. The van der Waals surface area contributed by atoms with E-state index in [1.807, 2.05) is 49.5 Å². The van der Waals surface area contributed by atoms with Crippen molar-refractivity contribution in [3.63, 3.8) is 0 Å². The van der Waals surface area contributed by atoms with Crippen molar-refractivity contribution in [2.75, 3.05) is 12.0 Å². The number of carbonyl (C=O) groups is 1. The Kier molecular flexibility index (Phi) is 5.03. The zero-order valence-electron chi connectivity index (χ0n) is 15.5. The van der Waals surface area contributed by atoms with Gasteiger partial charge in [-0.1, -0.05) is 60.7 Å². The highest BCUT2D eigenvalue weighted by atomic mass is 16.2. The zero-order chi connectivity index (χ0) is 18.6. The monoisotopic (exact) mass is 360 g/mol. The highest BCUT2D eigenvalue weighted by Crippen LogP contribution is 2.22. The van der Waals surface area contributed by atoms with Crippen LogP contribution in [0.5, 0.6) is 0 Å². The Bertz CT molecular complexity index is 905. The van der Waals surface area contributed by atoms with Gasteiger partial charge in [0.25, 0.3) is 0 Å². The van der Waals surface area contributed by atoms with Crippen LogP contribution in [0.1, 0.15) is 35.2 Å². The highest BCUT2D eigenvalue weighted by Gasteiger charge is 2.25. The Morgan fingerprint density at radius 2 is 1.78 bits per heavy atom. The normalized spacial score (nSPS) is 14.7. The summed E-state index contributed by atoms with van der Waals surface area (Å²) < 4.78 is 0. The molecule has 1 aliphatic rings. The molecule has 27 heavy (non-hydrogen) atoms. The zero-order valence-corrected chi connectivity index (χ0v) is 15.5. The number of benzene rings is 2. The van der Waals surface area contributed by atoms with Gasteiger partial charge in [0.1, 0.15) is 0 Å². The van der Waals surface area contributed by atoms with Gasteiger partial charge in [0.05, 0.1) is 17.8 Å². The molecule has 1 aliphatic heterocycles. The van der Waals surface area contributed by atoms with Gasteiger partial charge in [0.2, 0.25) is 5.91 Å². The number of aromatic nitrogens is 2. The molecule has 0 fully saturated rings. The fourth-order valence-electron chi connectivity index (χ4n) is 3.50. The topological polar surface area (TPSA) is 50.2 Å². The largest absolute Gasteiger partial charge is 0.293 e. The lowest BCUT2D eigenvalue weighted by molar-refractivity contribution is -0.118. The molecule has 3 aromatic rings. The first kappa shape index (κ1) is 17.5. The average Bonchev–Trinajstić information content (AvgIpc) is 3.28. The van der Waals surface area contributed by atoms with Gasteiger partial charge in [-0.05, 0) is 24.5 Å². The molecule has 4 rings (SSSR count). The Morgan fingerprint density at radius 3 is 2.52 bits per heavy atom. The summed E-state index contributed by atoms with van der Waals surface area (Å²) in [6, 6.07) is 20.3. The fraction of sp³-hybridized carbons (Fsp3) is 0.273. The molecule has 0 radical (unpaired) electrons. The summed E-state index contributed by atoms with van der Waals surface area (Å²) in [5.41, 5.74) is 7.58. The van der Waals surface area contributed by atoms with Crippen LogP contribution in [0, 0.1) is 0 Å². The van der Waals surface area contributed by atoms with Crippen molar-refractivity contribution in [3.8, 4) is 0 Å². The molecule has 1 aromatic heterocycles. The first-order chi connectivity index (χ1) is 13.2. The summed E-state index contributed by atoms with van der Waals surface area (Å²) in [5, 5.41) is 4.36. The number of amides is 1. The first-order valence-corrected chi connectivity index (χ1v) is 9.38. The van der Waals surface area contributed by atoms with E-state index in [0.29, 0.717) is 0 Å². The molecule has 0 spiro atoms. The lowest BCUT2D eigenvalue weighted by Gasteiger charge is -2.17. The van der Waals surface area contributed by atoms with Crippen molar-refractivity contribution in [2.45, 2.75) is 32.4 Å². The van der Waals surface area contributed by atoms with Gasteiger partial charge >= 0.3 is 0 Å². The third kappa shape index (κ3) is 3.93. The Hall–Kier alpha value is -2.92. The van der Waals surface area contributed by atoms with Crippen molar-refractivity contribution in [1.29, 1.82) is 0 Å². The summed E-state index contributed by atoms with van der Waals surface area (Å²) >= 11 is 0. The van der Waals surface area contributed by atoms with E-state index in [0.717, 1.165) is 37.3 Å². The van der Waals surface area contributed by atoms with E-state index in [-0.39, 0.29) is 11.8 Å². The van der Waals surface area contributed by atoms with Crippen LogP contribution in [0.2, 0.25) is 0 Å². The summed E-state index contributed by atoms with van der Waals surface area (Å²) in [6.45, 7) is 4.60. The molecule has 138 valence electrons.